The number of carbonyl (C=O) groups is 2. The molecular formula is C49H74NO9P. The quantitative estimate of drug-likeness (QED) is 0.0344. The van der Waals surface area contributed by atoms with Crippen LogP contribution in [0.5, 0.6) is 11.5 Å². The Morgan fingerprint density at radius 1 is 0.550 bits per heavy atom. The molecule has 0 fully saturated rings. The fraction of sp³-hybridized carbons (Fsp3) is 0.592. The van der Waals surface area contributed by atoms with Crippen molar-refractivity contribution < 1.29 is 42.1 Å². The van der Waals surface area contributed by atoms with E-state index < -0.39 is 19.5 Å². The van der Waals surface area contributed by atoms with E-state index in [1.54, 1.807) is 13.8 Å². The fourth-order valence-corrected chi connectivity index (χ4v) is 8.53. The van der Waals surface area contributed by atoms with Crippen LogP contribution < -0.4 is 14.8 Å². The lowest BCUT2D eigenvalue weighted by Gasteiger charge is -2.18. The zero-order valence-corrected chi connectivity index (χ0v) is 37.8. The summed E-state index contributed by atoms with van der Waals surface area (Å²) in [6, 6.07) is 23.0. The fourth-order valence-electron chi connectivity index (χ4n) is 6.89. The summed E-state index contributed by atoms with van der Waals surface area (Å²) in [6.45, 7) is 7.47. The van der Waals surface area contributed by atoms with Crippen molar-refractivity contribution in [3.05, 3.63) is 83.9 Å². The Balaban J connectivity index is 1.46. The van der Waals surface area contributed by atoms with E-state index in [0.29, 0.717) is 38.6 Å². The highest BCUT2D eigenvalue weighted by Gasteiger charge is 2.23. The zero-order valence-electron chi connectivity index (χ0n) is 36.9. The lowest BCUT2D eigenvalue weighted by molar-refractivity contribution is -0.145. The van der Waals surface area contributed by atoms with Gasteiger partial charge in [0, 0.05) is 5.56 Å². The molecule has 0 atom stereocenters. The highest BCUT2D eigenvalue weighted by Crippen LogP contribution is 2.48. The minimum atomic E-state index is -3.17. The lowest BCUT2D eigenvalue weighted by Crippen LogP contribution is -2.30. The van der Waals surface area contributed by atoms with Crippen molar-refractivity contribution in [2.75, 3.05) is 45.7 Å². The molecule has 0 heterocycles. The van der Waals surface area contributed by atoms with Crippen LogP contribution in [0.25, 0.3) is 11.1 Å². The Bertz CT molecular complexity index is 1630. The molecule has 334 valence electrons. The van der Waals surface area contributed by atoms with Crippen LogP contribution in [-0.2, 0) is 45.9 Å². The second-order valence-corrected chi connectivity index (χ2v) is 17.5. The summed E-state index contributed by atoms with van der Waals surface area (Å²) in [5.41, 5.74) is 3.39. The van der Waals surface area contributed by atoms with Gasteiger partial charge in [-0.2, -0.15) is 0 Å². The van der Waals surface area contributed by atoms with E-state index in [1.165, 1.54) is 89.9 Å². The van der Waals surface area contributed by atoms with Crippen molar-refractivity contribution in [3.8, 4) is 22.6 Å². The number of ether oxygens (including phenoxy) is 4. The summed E-state index contributed by atoms with van der Waals surface area (Å²) in [6.07, 6.45) is 22.0. The van der Waals surface area contributed by atoms with Gasteiger partial charge in [0.15, 0.2) is 0 Å². The van der Waals surface area contributed by atoms with Crippen LogP contribution in [0.4, 0.5) is 0 Å². The van der Waals surface area contributed by atoms with Crippen molar-refractivity contribution in [1.29, 1.82) is 0 Å². The first-order valence-electron chi connectivity index (χ1n) is 22.8. The third kappa shape index (κ3) is 22.8. The van der Waals surface area contributed by atoms with E-state index in [1.807, 2.05) is 72.8 Å². The standard InChI is InChI=1S/C49H74NO9P/c1-4-7-8-9-10-11-12-13-14-15-16-17-18-19-20-24-33-54-45-31-32-47(55-34-26-35-60(53,58-5-2)59-6-3)46(37-45)44-30-25-29-43(36-44)41-57-49(52)39-50-38-48(51)56-40-42-27-22-21-23-28-42/h21-23,25,27-32,36-37,50H,4-20,24,26,33-35,38-41H2,1-3H3. The molecule has 0 aliphatic heterocycles. The van der Waals surface area contributed by atoms with Crippen molar-refractivity contribution in [3.63, 3.8) is 0 Å². The van der Waals surface area contributed by atoms with Gasteiger partial charge >= 0.3 is 19.5 Å². The number of unbranched alkanes of at least 4 members (excludes halogenated alkanes) is 15. The average Bonchev–Trinajstić information content (AvgIpc) is 3.25. The Kier molecular flexibility index (Phi) is 27.1. The molecule has 1 N–H and O–H groups in total. The summed E-state index contributed by atoms with van der Waals surface area (Å²) < 4.78 is 47.2. The minimum absolute atomic E-state index is 0.0581. The summed E-state index contributed by atoms with van der Waals surface area (Å²) >= 11 is 0. The highest BCUT2D eigenvalue weighted by atomic mass is 31.2. The molecule has 10 nitrogen and oxygen atoms in total. The van der Waals surface area contributed by atoms with Gasteiger partial charge in [0.05, 0.1) is 45.7 Å². The molecule has 3 aromatic rings. The number of nitrogens with one attached hydrogen (secondary N) is 1. The summed E-state index contributed by atoms with van der Waals surface area (Å²) in [4.78, 5) is 24.6. The molecule has 0 saturated carbocycles. The molecule has 0 amide bonds. The van der Waals surface area contributed by atoms with Crippen LogP contribution in [-0.4, -0.2) is 57.6 Å². The Morgan fingerprint density at radius 3 is 1.67 bits per heavy atom. The lowest BCUT2D eigenvalue weighted by atomic mass is 10.0. The first kappa shape index (κ1) is 50.7. The minimum Gasteiger partial charge on any atom is -0.494 e. The molecular weight excluding hydrogens is 778 g/mol. The first-order valence-corrected chi connectivity index (χ1v) is 24.5. The number of hydrogen-bond donors (Lipinski definition) is 1. The van der Waals surface area contributed by atoms with Crippen LogP contribution in [0, 0.1) is 0 Å². The van der Waals surface area contributed by atoms with Crippen molar-refractivity contribution in [2.24, 2.45) is 0 Å². The monoisotopic (exact) mass is 852 g/mol. The summed E-state index contributed by atoms with van der Waals surface area (Å²) in [5, 5.41) is 2.79. The van der Waals surface area contributed by atoms with Gasteiger partial charge in [-0.1, -0.05) is 152 Å². The highest BCUT2D eigenvalue weighted by molar-refractivity contribution is 7.53. The van der Waals surface area contributed by atoms with Gasteiger partial charge < -0.3 is 28.0 Å². The van der Waals surface area contributed by atoms with Crippen LogP contribution in [0.3, 0.4) is 0 Å². The second-order valence-electron chi connectivity index (χ2n) is 15.3. The third-order valence-electron chi connectivity index (χ3n) is 10.1. The van der Waals surface area contributed by atoms with Crippen molar-refractivity contribution in [2.45, 2.75) is 143 Å². The molecule has 0 aromatic heterocycles. The van der Waals surface area contributed by atoms with Crippen LogP contribution in [0.15, 0.2) is 72.8 Å². The van der Waals surface area contributed by atoms with E-state index in [2.05, 4.69) is 12.2 Å². The maximum absolute atomic E-state index is 13.0. The van der Waals surface area contributed by atoms with E-state index in [0.717, 1.165) is 40.8 Å². The Hall–Kier alpha value is -3.69. The van der Waals surface area contributed by atoms with Crippen LogP contribution in [0.1, 0.15) is 141 Å². The van der Waals surface area contributed by atoms with Crippen molar-refractivity contribution in [1.82, 2.24) is 5.32 Å². The third-order valence-corrected chi connectivity index (χ3v) is 12.3. The number of esters is 2. The van der Waals surface area contributed by atoms with Gasteiger partial charge in [-0.15, -0.1) is 0 Å². The molecule has 0 bridgehead atoms. The zero-order chi connectivity index (χ0) is 42.9. The Labute approximate surface area is 361 Å². The molecule has 60 heavy (non-hydrogen) atoms. The molecule has 0 radical (unpaired) electrons. The molecule has 0 unspecified atom stereocenters. The predicted octanol–water partition coefficient (Wildman–Crippen LogP) is 12.4. The maximum Gasteiger partial charge on any atom is 0.330 e. The topological polar surface area (TPSA) is 119 Å². The SMILES string of the molecule is CCCCCCCCCCCCCCCCCCOc1ccc(OCCCP(=O)(OCC)OCC)c(-c2cccc(COC(=O)CNCC(=O)OCc3ccccc3)c2)c1. The summed E-state index contributed by atoms with van der Waals surface area (Å²) in [5.74, 6) is 0.470. The number of hydrogen-bond acceptors (Lipinski definition) is 10. The van der Waals surface area contributed by atoms with Gasteiger partial charge in [-0.25, -0.2) is 0 Å². The maximum atomic E-state index is 13.0. The smallest absolute Gasteiger partial charge is 0.330 e. The molecule has 11 heteroatoms. The number of rotatable bonds is 36. The van der Waals surface area contributed by atoms with Gasteiger partial charge in [0.1, 0.15) is 24.7 Å². The second kappa shape index (κ2) is 32.1. The largest absolute Gasteiger partial charge is 0.494 e. The van der Waals surface area contributed by atoms with Crippen molar-refractivity contribution >= 4 is 19.5 Å². The first-order chi connectivity index (χ1) is 29.4. The van der Waals surface area contributed by atoms with E-state index in [4.69, 9.17) is 28.0 Å². The van der Waals surface area contributed by atoms with Crippen LogP contribution >= 0.6 is 7.60 Å². The summed E-state index contributed by atoms with van der Waals surface area (Å²) in [7, 11) is -3.17. The number of benzene rings is 3. The molecule has 3 aromatic carbocycles. The van der Waals surface area contributed by atoms with E-state index >= 15 is 0 Å². The van der Waals surface area contributed by atoms with Gasteiger partial charge in [-0.3, -0.25) is 19.5 Å². The molecule has 0 aliphatic carbocycles. The predicted molar refractivity (Wildman–Crippen MR) is 242 cm³/mol. The van der Waals surface area contributed by atoms with Gasteiger partial charge in [0.2, 0.25) is 0 Å². The van der Waals surface area contributed by atoms with Gasteiger partial charge in [-0.05, 0) is 67.6 Å². The van der Waals surface area contributed by atoms with E-state index in [-0.39, 0.29) is 32.5 Å². The molecule has 3 rings (SSSR count). The van der Waals surface area contributed by atoms with E-state index in [9.17, 15) is 14.2 Å². The Morgan fingerprint density at radius 2 is 1.08 bits per heavy atom. The van der Waals surface area contributed by atoms with Gasteiger partial charge in [0.25, 0.3) is 0 Å². The molecule has 0 spiro atoms. The molecule has 0 saturated heterocycles. The van der Waals surface area contributed by atoms with Crippen LogP contribution in [0.2, 0.25) is 0 Å². The molecule has 0 aliphatic rings. The normalized spacial score (nSPS) is 11.4. The number of carbonyl (C=O) groups excluding carboxylic acids is 2. The average molecular weight is 852 g/mol.